The third-order valence-corrected chi connectivity index (χ3v) is 6.34. The minimum atomic E-state index is -0.471. The van der Waals surface area contributed by atoms with E-state index in [-0.39, 0.29) is 6.61 Å². The van der Waals surface area contributed by atoms with Gasteiger partial charge in [0.15, 0.2) is 0 Å². The summed E-state index contributed by atoms with van der Waals surface area (Å²) >= 11 is 0. The van der Waals surface area contributed by atoms with Crippen LogP contribution < -0.4 is 26.5 Å². The SMILES string of the molecule is NC(=O)c1cn(-c2ccnc(Nc3cccc(N4CCN(CCO)CC4)c3)n2)c2c1=CC=CCC=2. The summed E-state index contributed by atoms with van der Waals surface area (Å²) in [4.78, 5) is 25.8. The molecule has 0 atom stereocenters. The van der Waals surface area contributed by atoms with Crippen molar-refractivity contribution in [3.05, 3.63) is 71.0 Å². The third kappa shape index (κ3) is 4.96. The van der Waals surface area contributed by atoms with Gasteiger partial charge in [-0.15, -0.1) is 0 Å². The van der Waals surface area contributed by atoms with Gasteiger partial charge in [-0.05, 0) is 30.7 Å². The van der Waals surface area contributed by atoms with Gasteiger partial charge in [0.05, 0.1) is 17.5 Å². The van der Waals surface area contributed by atoms with Gasteiger partial charge in [-0.2, -0.15) is 4.98 Å². The van der Waals surface area contributed by atoms with Crippen molar-refractivity contribution in [3.8, 4) is 5.82 Å². The predicted molar refractivity (Wildman–Crippen MR) is 137 cm³/mol. The Morgan fingerprint density at radius 1 is 1.17 bits per heavy atom. The van der Waals surface area contributed by atoms with E-state index in [0.717, 1.165) is 61.1 Å². The van der Waals surface area contributed by atoms with Crippen molar-refractivity contribution in [2.75, 3.05) is 49.5 Å². The number of primary amides is 1. The number of β-amino-alcohol motifs (C(OH)–C–C–N with tert-alkyl or cyclic N) is 1. The third-order valence-electron chi connectivity index (χ3n) is 6.34. The molecule has 1 aliphatic heterocycles. The second-order valence-corrected chi connectivity index (χ2v) is 8.58. The lowest BCUT2D eigenvalue weighted by molar-refractivity contribution is 0.0999. The van der Waals surface area contributed by atoms with Crippen molar-refractivity contribution in [1.82, 2.24) is 19.4 Å². The first-order chi connectivity index (χ1) is 17.1. The molecule has 3 aromatic rings. The Balaban J connectivity index is 1.39. The van der Waals surface area contributed by atoms with Crippen LogP contribution in [0.15, 0.2) is 54.9 Å². The van der Waals surface area contributed by atoms with Crippen molar-refractivity contribution in [2.45, 2.75) is 6.42 Å². The van der Waals surface area contributed by atoms with Gasteiger partial charge in [-0.1, -0.05) is 30.4 Å². The number of nitrogens with two attached hydrogens (primary N) is 1. The van der Waals surface area contributed by atoms with Crippen LogP contribution in [0.3, 0.4) is 0 Å². The monoisotopic (exact) mass is 471 g/mol. The molecule has 2 aliphatic rings. The lowest BCUT2D eigenvalue weighted by atomic mass is 10.2. The van der Waals surface area contributed by atoms with Crippen molar-refractivity contribution < 1.29 is 9.90 Å². The molecule has 1 aliphatic carbocycles. The summed E-state index contributed by atoms with van der Waals surface area (Å²) in [5.41, 5.74) is 8.13. The average Bonchev–Trinajstić information content (AvgIpc) is 3.07. The first kappa shape index (κ1) is 22.8. The zero-order valence-electron chi connectivity index (χ0n) is 19.5. The Morgan fingerprint density at radius 3 is 2.83 bits per heavy atom. The van der Waals surface area contributed by atoms with Gasteiger partial charge in [0.2, 0.25) is 5.95 Å². The maximum atomic E-state index is 12.0. The lowest BCUT2D eigenvalue weighted by Crippen LogP contribution is -2.47. The number of carbonyl (C=O) groups excluding carboxylic acids is 1. The van der Waals surface area contributed by atoms with Gasteiger partial charge in [-0.3, -0.25) is 9.69 Å². The molecule has 3 heterocycles. The number of aliphatic hydroxyl groups is 1. The zero-order chi connectivity index (χ0) is 24.2. The molecule has 0 saturated carbocycles. The number of carbonyl (C=O) groups is 1. The predicted octanol–water partition coefficient (Wildman–Crippen LogP) is 0.745. The van der Waals surface area contributed by atoms with Gasteiger partial charge >= 0.3 is 0 Å². The van der Waals surface area contributed by atoms with E-state index in [1.807, 2.05) is 41.0 Å². The quantitative estimate of drug-likeness (QED) is 0.466. The van der Waals surface area contributed by atoms with Crippen molar-refractivity contribution in [3.63, 3.8) is 0 Å². The molecule has 9 heteroatoms. The molecule has 0 spiro atoms. The van der Waals surface area contributed by atoms with Crippen molar-refractivity contribution >= 4 is 35.4 Å². The second kappa shape index (κ2) is 10.1. The van der Waals surface area contributed by atoms with E-state index in [1.54, 1.807) is 12.4 Å². The molecule has 4 N–H and O–H groups in total. The molecule has 35 heavy (non-hydrogen) atoms. The molecule has 2 aromatic heterocycles. The van der Waals surface area contributed by atoms with E-state index >= 15 is 0 Å². The molecule has 1 fully saturated rings. The number of allylic oxidation sites excluding steroid dienone is 2. The van der Waals surface area contributed by atoms with Crippen LogP contribution in [0.5, 0.6) is 0 Å². The number of aliphatic hydroxyl groups excluding tert-OH is 1. The van der Waals surface area contributed by atoms with Crippen molar-refractivity contribution in [1.29, 1.82) is 0 Å². The number of fused-ring (bicyclic) bond motifs is 1. The lowest BCUT2D eigenvalue weighted by Gasteiger charge is -2.35. The highest BCUT2D eigenvalue weighted by Crippen LogP contribution is 2.23. The fraction of sp³-hybridized carbons (Fsp3) is 0.269. The summed E-state index contributed by atoms with van der Waals surface area (Å²) in [6.07, 6.45) is 12.1. The van der Waals surface area contributed by atoms with Crippen LogP contribution in [-0.4, -0.2) is 69.8 Å². The van der Waals surface area contributed by atoms with Crippen LogP contribution >= 0.6 is 0 Å². The molecule has 0 unspecified atom stereocenters. The summed E-state index contributed by atoms with van der Waals surface area (Å²) in [6, 6.07) is 10.0. The number of benzene rings is 1. The number of anilines is 3. The van der Waals surface area contributed by atoms with Gasteiger partial charge in [0.25, 0.3) is 5.91 Å². The largest absolute Gasteiger partial charge is 0.395 e. The molecule has 1 aromatic carbocycles. The minimum absolute atomic E-state index is 0.196. The fourth-order valence-corrected chi connectivity index (χ4v) is 4.55. The number of hydrogen-bond acceptors (Lipinski definition) is 7. The molecule has 5 rings (SSSR count). The topological polar surface area (TPSA) is 113 Å². The van der Waals surface area contributed by atoms with Crippen LogP contribution in [0.25, 0.3) is 18.0 Å². The number of piperazine rings is 1. The highest BCUT2D eigenvalue weighted by molar-refractivity contribution is 5.93. The summed E-state index contributed by atoms with van der Waals surface area (Å²) in [5.74, 6) is 0.640. The zero-order valence-corrected chi connectivity index (χ0v) is 19.5. The summed E-state index contributed by atoms with van der Waals surface area (Å²) in [6.45, 7) is 4.61. The van der Waals surface area contributed by atoms with Crippen LogP contribution in [-0.2, 0) is 0 Å². The van der Waals surface area contributed by atoms with E-state index in [4.69, 9.17) is 15.8 Å². The minimum Gasteiger partial charge on any atom is -0.395 e. The molecule has 1 amide bonds. The highest BCUT2D eigenvalue weighted by Gasteiger charge is 2.17. The second-order valence-electron chi connectivity index (χ2n) is 8.58. The Labute approximate surface area is 203 Å². The number of rotatable bonds is 7. The summed E-state index contributed by atoms with van der Waals surface area (Å²) in [5, 5.41) is 14.2. The maximum Gasteiger partial charge on any atom is 0.250 e. The van der Waals surface area contributed by atoms with Gasteiger partial charge in [-0.25, -0.2) is 4.98 Å². The van der Waals surface area contributed by atoms with Crippen molar-refractivity contribution in [2.24, 2.45) is 5.73 Å². The first-order valence-electron chi connectivity index (χ1n) is 11.8. The molecule has 0 radical (unpaired) electrons. The number of aromatic nitrogens is 3. The van der Waals surface area contributed by atoms with Crippen LogP contribution in [0.1, 0.15) is 16.8 Å². The first-order valence-corrected chi connectivity index (χ1v) is 11.8. The van der Waals surface area contributed by atoms with Gasteiger partial charge in [0.1, 0.15) is 5.82 Å². The van der Waals surface area contributed by atoms with Gasteiger partial charge < -0.3 is 25.6 Å². The number of hydrogen-bond donors (Lipinski definition) is 3. The van der Waals surface area contributed by atoms with Crippen LogP contribution in [0, 0.1) is 0 Å². The fourth-order valence-electron chi connectivity index (χ4n) is 4.55. The van der Waals surface area contributed by atoms with E-state index < -0.39 is 5.91 Å². The molecule has 0 bridgehead atoms. The summed E-state index contributed by atoms with van der Waals surface area (Å²) < 4.78 is 1.88. The van der Waals surface area contributed by atoms with E-state index in [2.05, 4.69) is 38.3 Å². The number of nitrogens with zero attached hydrogens (tertiary/aromatic N) is 5. The standard InChI is InChI=1S/C26H29N7O2/c27-25(35)22-18-33(23-8-3-1-2-7-21(22)23)24-9-10-28-26(30-24)29-19-5-4-6-20(17-19)32-13-11-31(12-14-32)15-16-34/h1-2,4-10,17-18,34H,3,11-16H2,(H2,27,35)(H,28,29,30). The van der Waals surface area contributed by atoms with Crippen LogP contribution in [0.2, 0.25) is 0 Å². The van der Waals surface area contributed by atoms with Crippen LogP contribution in [0.4, 0.5) is 17.3 Å². The van der Waals surface area contributed by atoms with E-state index in [1.165, 1.54) is 0 Å². The Bertz CT molecular complexity index is 1370. The number of amides is 1. The number of nitrogens with one attached hydrogen (secondary N) is 1. The Morgan fingerprint density at radius 2 is 2.03 bits per heavy atom. The molecular formula is C26H29N7O2. The molecule has 180 valence electrons. The molecular weight excluding hydrogens is 442 g/mol. The Hall–Kier alpha value is -3.95. The average molecular weight is 472 g/mol. The molecule has 9 nitrogen and oxygen atoms in total. The van der Waals surface area contributed by atoms with E-state index in [0.29, 0.717) is 17.3 Å². The Kier molecular flexibility index (Phi) is 6.60. The maximum absolute atomic E-state index is 12.0. The van der Waals surface area contributed by atoms with E-state index in [9.17, 15) is 4.79 Å². The molecule has 1 saturated heterocycles. The summed E-state index contributed by atoms with van der Waals surface area (Å²) in [7, 11) is 0. The van der Waals surface area contributed by atoms with Gasteiger partial charge in [0, 0.05) is 61.7 Å². The normalized spacial score (nSPS) is 15.6. The smallest absolute Gasteiger partial charge is 0.250 e. The highest BCUT2D eigenvalue weighted by atomic mass is 16.3.